The molecule has 1 aromatic carbocycles. The molecule has 2 aromatic rings. The van der Waals surface area contributed by atoms with E-state index in [0.29, 0.717) is 19.5 Å². The van der Waals surface area contributed by atoms with E-state index in [1.54, 1.807) is 18.3 Å². The van der Waals surface area contributed by atoms with Gasteiger partial charge in [-0.15, -0.1) is 11.3 Å². The smallest absolute Gasteiger partial charge is 0.251 e. The molecule has 0 saturated heterocycles. The van der Waals surface area contributed by atoms with E-state index in [4.69, 9.17) is 0 Å². The Morgan fingerprint density at radius 2 is 2.00 bits per heavy atom. The number of nitrogens with one attached hydrogen (secondary N) is 2. The third-order valence-electron chi connectivity index (χ3n) is 2.89. The summed E-state index contributed by atoms with van der Waals surface area (Å²) in [5.41, 5.74) is -0.217. The Labute approximate surface area is 126 Å². The lowest BCUT2D eigenvalue weighted by Gasteiger charge is -2.09. The topological polar surface area (TPSA) is 41.1 Å². The van der Waals surface area contributed by atoms with Crippen molar-refractivity contribution in [2.24, 2.45) is 0 Å². The molecule has 112 valence electrons. The van der Waals surface area contributed by atoms with Gasteiger partial charge in [-0.3, -0.25) is 4.79 Å². The first kappa shape index (κ1) is 15.4. The zero-order valence-corrected chi connectivity index (χ0v) is 12.4. The highest BCUT2D eigenvalue weighted by molar-refractivity contribution is 7.09. The normalized spacial score (nSPS) is 10.4. The van der Waals surface area contributed by atoms with Crippen LogP contribution in [0.4, 0.5) is 14.5 Å². The van der Waals surface area contributed by atoms with Crippen LogP contribution in [0.3, 0.4) is 0 Å². The van der Waals surface area contributed by atoms with Gasteiger partial charge >= 0.3 is 0 Å². The molecule has 2 N–H and O–H groups in total. The molecule has 1 aromatic heterocycles. The van der Waals surface area contributed by atoms with Crippen molar-refractivity contribution in [3.63, 3.8) is 0 Å². The number of hydrogen-bond donors (Lipinski definition) is 2. The Bertz CT molecular complexity index is 591. The number of carbonyl (C=O) groups excluding carboxylic acids is 1. The second-order valence-electron chi connectivity index (χ2n) is 4.43. The van der Waals surface area contributed by atoms with Crippen molar-refractivity contribution < 1.29 is 13.6 Å². The van der Waals surface area contributed by atoms with Gasteiger partial charge in [0.05, 0.1) is 0 Å². The summed E-state index contributed by atoms with van der Waals surface area (Å²) in [7, 11) is 0. The lowest BCUT2D eigenvalue weighted by molar-refractivity contribution is 0.0953. The fourth-order valence-corrected chi connectivity index (χ4v) is 2.61. The van der Waals surface area contributed by atoms with E-state index in [1.165, 1.54) is 0 Å². The molecule has 0 fully saturated rings. The third kappa shape index (κ3) is 4.01. The van der Waals surface area contributed by atoms with Crippen LogP contribution in [-0.4, -0.2) is 19.0 Å². The molecular formula is C15H16F2N2OS. The Morgan fingerprint density at radius 1 is 1.29 bits per heavy atom. The number of hydrogen-bond acceptors (Lipinski definition) is 3. The predicted octanol–water partition coefficient (Wildman–Crippen LogP) is 3.43. The van der Waals surface area contributed by atoms with Crippen LogP contribution in [-0.2, 0) is 6.42 Å². The van der Waals surface area contributed by atoms with Crippen molar-refractivity contribution in [2.45, 2.75) is 13.3 Å². The molecule has 2 rings (SSSR count). The lowest BCUT2D eigenvalue weighted by Crippen LogP contribution is -2.26. The molecule has 0 aliphatic carbocycles. The first-order chi connectivity index (χ1) is 10.1. The molecule has 0 spiro atoms. The second-order valence-corrected chi connectivity index (χ2v) is 5.46. The number of benzene rings is 1. The minimum Gasteiger partial charge on any atom is -0.381 e. The molecule has 0 radical (unpaired) electrons. The highest BCUT2D eigenvalue weighted by atomic mass is 32.1. The van der Waals surface area contributed by atoms with Crippen molar-refractivity contribution in [3.05, 3.63) is 51.7 Å². The van der Waals surface area contributed by atoms with E-state index in [-0.39, 0.29) is 11.3 Å². The van der Waals surface area contributed by atoms with Gasteiger partial charge in [-0.2, -0.15) is 0 Å². The Hall–Kier alpha value is -1.95. The number of halogens is 2. The van der Waals surface area contributed by atoms with Gasteiger partial charge in [-0.1, -0.05) is 6.07 Å². The molecule has 0 aliphatic rings. The summed E-state index contributed by atoms with van der Waals surface area (Å²) in [6, 6.07) is 6.00. The molecule has 0 saturated carbocycles. The summed E-state index contributed by atoms with van der Waals surface area (Å²) in [6.45, 7) is 2.57. The summed E-state index contributed by atoms with van der Waals surface area (Å²) in [5.74, 6) is -2.01. The van der Waals surface area contributed by atoms with Crippen molar-refractivity contribution in [2.75, 3.05) is 18.4 Å². The number of thiophene rings is 1. The quantitative estimate of drug-likeness (QED) is 0.858. The van der Waals surface area contributed by atoms with Crippen LogP contribution >= 0.6 is 11.3 Å². The number of anilines is 1. The van der Waals surface area contributed by atoms with Crippen LogP contribution in [0.2, 0.25) is 0 Å². The van der Waals surface area contributed by atoms with Crippen molar-refractivity contribution in [1.29, 1.82) is 0 Å². The van der Waals surface area contributed by atoms with Crippen LogP contribution in [0.1, 0.15) is 22.2 Å². The molecule has 0 atom stereocenters. The van der Waals surface area contributed by atoms with Gasteiger partial charge in [0.15, 0.2) is 0 Å². The first-order valence-electron chi connectivity index (χ1n) is 6.65. The largest absolute Gasteiger partial charge is 0.381 e. The van der Waals surface area contributed by atoms with E-state index in [2.05, 4.69) is 10.6 Å². The Morgan fingerprint density at radius 3 is 2.57 bits per heavy atom. The van der Waals surface area contributed by atoms with Gasteiger partial charge in [0.25, 0.3) is 5.91 Å². The fourth-order valence-electron chi connectivity index (χ4n) is 1.91. The third-order valence-corrected chi connectivity index (χ3v) is 3.83. The van der Waals surface area contributed by atoms with Gasteiger partial charge < -0.3 is 10.6 Å². The van der Waals surface area contributed by atoms with Crippen LogP contribution in [0.5, 0.6) is 0 Å². The minimum absolute atomic E-state index is 0.0159. The van der Waals surface area contributed by atoms with E-state index in [0.717, 1.165) is 17.0 Å². The number of carbonyl (C=O) groups is 1. The predicted molar refractivity (Wildman–Crippen MR) is 80.9 cm³/mol. The number of rotatable bonds is 6. The highest BCUT2D eigenvalue weighted by Gasteiger charge is 2.14. The number of amides is 1. The zero-order chi connectivity index (χ0) is 15.2. The summed E-state index contributed by atoms with van der Waals surface area (Å²) < 4.78 is 27.4. The molecule has 6 heteroatoms. The van der Waals surface area contributed by atoms with Crippen molar-refractivity contribution in [3.8, 4) is 0 Å². The molecule has 0 aliphatic heterocycles. The van der Waals surface area contributed by atoms with Gasteiger partial charge in [0.2, 0.25) is 0 Å². The SMILES string of the molecule is CCNc1c(F)cc(C(=O)NCCc2cccs2)cc1F. The molecule has 1 amide bonds. The monoisotopic (exact) mass is 310 g/mol. The molecule has 0 bridgehead atoms. The highest BCUT2D eigenvalue weighted by Crippen LogP contribution is 2.20. The Balaban J connectivity index is 1.99. The first-order valence-corrected chi connectivity index (χ1v) is 7.53. The second kappa shape index (κ2) is 7.17. The van der Waals surface area contributed by atoms with E-state index >= 15 is 0 Å². The van der Waals surface area contributed by atoms with Crippen LogP contribution < -0.4 is 10.6 Å². The molecule has 3 nitrogen and oxygen atoms in total. The zero-order valence-electron chi connectivity index (χ0n) is 11.6. The molecule has 1 heterocycles. The molecule has 0 unspecified atom stereocenters. The van der Waals surface area contributed by atoms with Gasteiger partial charge in [-0.05, 0) is 36.9 Å². The average Bonchev–Trinajstić information content (AvgIpc) is 2.95. The van der Waals surface area contributed by atoms with Crippen LogP contribution in [0.15, 0.2) is 29.6 Å². The van der Waals surface area contributed by atoms with Gasteiger partial charge in [-0.25, -0.2) is 8.78 Å². The maximum atomic E-state index is 13.7. The summed E-state index contributed by atoms with van der Waals surface area (Å²) in [5, 5.41) is 7.21. The van der Waals surface area contributed by atoms with Crippen LogP contribution in [0.25, 0.3) is 0 Å². The summed E-state index contributed by atoms with van der Waals surface area (Å²) in [6.07, 6.45) is 0.698. The van der Waals surface area contributed by atoms with E-state index < -0.39 is 17.5 Å². The average molecular weight is 310 g/mol. The summed E-state index contributed by atoms with van der Waals surface area (Å²) >= 11 is 1.60. The van der Waals surface area contributed by atoms with Gasteiger partial charge in [0, 0.05) is 23.5 Å². The maximum absolute atomic E-state index is 13.7. The fraction of sp³-hybridized carbons (Fsp3) is 0.267. The maximum Gasteiger partial charge on any atom is 0.251 e. The molecule has 21 heavy (non-hydrogen) atoms. The standard InChI is InChI=1S/C15H16F2N2OS/c1-2-18-14-12(16)8-10(9-13(14)17)15(20)19-6-5-11-4-3-7-21-11/h3-4,7-9,18H,2,5-6H2,1H3,(H,19,20). The lowest BCUT2D eigenvalue weighted by atomic mass is 10.1. The van der Waals surface area contributed by atoms with Crippen LogP contribution in [0, 0.1) is 11.6 Å². The molecular weight excluding hydrogens is 294 g/mol. The summed E-state index contributed by atoms with van der Waals surface area (Å²) in [4.78, 5) is 13.0. The van der Waals surface area contributed by atoms with Crippen molar-refractivity contribution in [1.82, 2.24) is 5.32 Å². The van der Waals surface area contributed by atoms with Crippen molar-refractivity contribution >= 4 is 22.9 Å². The van der Waals surface area contributed by atoms with Gasteiger partial charge in [0.1, 0.15) is 17.3 Å². The van der Waals surface area contributed by atoms with E-state index in [1.807, 2.05) is 17.5 Å². The van der Waals surface area contributed by atoms with E-state index in [9.17, 15) is 13.6 Å². The Kier molecular flexibility index (Phi) is 5.27. The minimum atomic E-state index is -0.764.